The molecule has 1 heterocycles. The molecule has 4 rings (SSSR count). The molecule has 0 bridgehead atoms. The van der Waals surface area contributed by atoms with E-state index in [1.807, 2.05) is 18.2 Å². The van der Waals surface area contributed by atoms with Crippen molar-refractivity contribution in [3.8, 4) is 5.75 Å². The van der Waals surface area contributed by atoms with Crippen LogP contribution in [0.15, 0.2) is 71.6 Å². The molecular formula is C23H21FN2O4S. The fourth-order valence-corrected chi connectivity index (χ4v) is 4.66. The number of anilines is 2. The molecule has 0 aliphatic carbocycles. The number of rotatable bonds is 5. The van der Waals surface area contributed by atoms with Gasteiger partial charge >= 0.3 is 0 Å². The van der Waals surface area contributed by atoms with Gasteiger partial charge in [-0.25, -0.2) is 12.8 Å². The summed E-state index contributed by atoms with van der Waals surface area (Å²) in [6, 6.07) is 16.8. The van der Waals surface area contributed by atoms with Gasteiger partial charge in [0.1, 0.15) is 11.6 Å². The molecule has 0 saturated carbocycles. The molecule has 31 heavy (non-hydrogen) atoms. The maximum Gasteiger partial charge on any atom is 0.261 e. The van der Waals surface area contributed by atoms with Crippen molar-refractivity contribution in [2.45, 2.75) is 17.7 Å². The summed E-state index contributed by atoms with van der Waals surface area (Å²) in [7, 11) is -2.39. The van der Waals surface area contributed by atoms with Crippen molar-refractivity contribution >= 4 is 27.3 Å². The number of aryl methyl sites for hydroxylation is 1. The van der Waals surface area contributed by atoms with Crippen molar-refractivity contribution in [2.75, 3.05) is 23.3 Å². The lowest BCUT2D eigenvalue weighted by Gasteiger charge is -2.30. The fourth-order valence-electron chi connectivity index (χ4n) is 3.59. The molecule has 1 aliphatic rings. The summed E-state index contributed by atoms with van der Waals surface area (Å²) < 4.78 is 46.4. The number of halogens is 1. The van der Waals surface area contributed by atoms with Crippen LogP contribution in [0.5, 0.6) is 5.75 Å². The summed E-state index contributed by atoms with van der Waals surface area (Å²) in [4.78, 5) is 14.7. The van der Waals surface area contributed by atoms with Gasteiger partial charge < -0.3 is 9.64 Å². The summed E-state index contributed by atoms with van der Waals surface area (Å²) in [5.41, 5.74) is 2.10. The van der Waals surface area contributed by atoms with E-state index < -0.39 is 15.8 Å². The van der Waals surface area contributed by atoms with Crippen LogP contribution in [0.25, 0.3) is 0 Å². The average molecular weight is 440 g/mol. The van der Waals surface area contributed by atoms with E-state index in [1.165, 1.54) is 48.5 Å². The first-order chi connectivity index (χ1) is 14.9. The van der Waals surface area contributed by atoms with Crippen LogP contribution in [0.4, 0.5) is 15.8 Å². The fraction of sp³-hybridized carbons (Fsp3) is 0.174. The predicted molar refractivity (Wildman–Crippen MR) is 117 cm³/mol. The maximum atomic E-state index is 13.8. The van der Waals surface area contributed by atoms with Crippen LogP contribution in [-0.2, 0) is 16.4 Å². The average Bonchev–Trinajstić information content (AvgIpc) is 2.79. The number of nitrogens with zero attached hydrogens (tertiary/aromatic N) is 1. The van der Waals surface area contributed by atoms with E-state index in [0.717, 1.165) is 29.8 Å². The first-order valence-corrected chi connectivity index (χ1v) is 11.2. The smallest absolute Gasteiger partial charge is 0.261 e. The molecule has 0 aromatic heterocycles. The van der Waals surface area contributed by atoms with Crippen molar-refractivity contribution in [1.82, 2.24) is 0 Å². The molecule has 160 valence electrons. The Hall–Kier alpha value is -3.39. The highest BCUT2D eigenvalue weighted by atomic mass is 32.2. The van der Waals surface area contributed by atoms with Crippen LogP contribution < -0.4 is 14.4 Å². The van der Waals surface area contributed by atoms with Crippen LogP contribution in [0.1, 0.15) is 22.3 Å². The van der Waals surface area contributed by atoms with Gasteiger partial charge in [-0.15, -0.1) is 0 Å². The number of fused-ring (bicyclic) bond motifs is 1. The number of carbonyl (C=O) groups is 1. The minimum atomic E-state index is -3.99. The molecule has 0 spiro atoms. The molecule has 8 heteroatoms. The van der Waals surface area contributed by atoms with Crippen molar-refractivity contribution in [3.05, 3.63) is 83.7 Å². The number of methoxy groups -OCH3 is 1. The topological polar surface area (TPSA) is 75.7 Å². The van der Waals surface area contributed by atoms with Gasteiger partial charge in [0.25, 0.3) is 15.9 Å². The van der Waals surface area contributed by atoms with Gasteiger partial charge in [0.2, 0.25) is 0 Å². The highest BCUT2D eigenvalue weighted by molar-refractivity contribution is 7.92. The molecule has 6 nitrogen and oxygen atoms in total. The Morgan fingerprint density at radius 2 is 1.81 bits per heavy atom. The number of nitrogens with one attached hydrogen (secondary N) is 1. The molecule has 0 radical (unpaired) electrons. The molecule has 0 unspecified atom stereocenters. The van der Waals surface area contributed by atoms with E-state index >= 15 is 0 Å². The van der Waals surface area contributed by atoms with Crippen molar-refractivity contribution in [3.63, 3.8) is 0 Å². The monoisotopic (exact) mass is 440 g/mol. The number of amides is 1. The number of ether oxygens (including phenoxy) is 1. The Morgan fingerprint density at radius 3 is 2.52 bits per heavy atom. The third-order valence-corrected chi connectivity index (χ3v) is 6.56. The number of benzene rings is 3. The van der Waals surface area contributed by atoms with E-state index in [-0.39, 0.29) is 16.5 Å². The largest absolute Gasteiger partial charge is 0.497 e. The zero-order valence-electron chi connectivity index (χ0n) is 16.8. The second-order valence-corrected chi connectivity index (χ2v) is 8.85. The highest BCUT2D eigenvalue weighted by Gasteiger charge is 2.25. The molecule has 3 aromatic rings. The minimum absolute atomic E-state index is 0.0592. The normalized spacial score (nSPS) is 13.4. The Kier molecular flexibility index (Phi) is 5.65. The lowest BCUT2D eigenvalue weighted by Crippen LogP contribution is -2.35. The molecule has 1 amide bonds. The van der Waals surface area contributed by atoms with Gasteiger partial charge in [-0.1, -0.05) is 12.1 Å². The number of hydrogen-bond donors (Lipinski definition) is 1. The number of sulfonamides is 1. The first kappa shape index (κ1) is 20.9. The summed E-state index contributed by atoms with van der Waals surface area (Å²) in [6.45, 7) is 0.576. The predicted octanol–water partition coefficient (Wildman–Crippen LogP) is 4.23. The Balaban J connectivity index is 1.56. The molecule has 0 fully saturated rings. The molecule has 0 saturated heterocycles. The lowest BCUT2D eigenvalue weighted by molar-refractivity contribution is 0.0985. The van der Waals surface area contributed by atoms with Gasteiger partial charge in [-0.05, 0) is 73.0 Å². The van der Waals surface area contributed by atoms with E-state index in [1.54, 1.807) is 12.0 Å². The molecule has 1 aliphatic heterocycles. The first-order valence-electron chi connectivity index (χ1n) is 9.75. The quantitative estimate of drug-likeness (QED) is 0.644. The number of hydrogen-bond acceptors (Lipinski definition) is 4. The van der Waals surface area contributed by atoms with Crippen molar-refractivity contribution in [1.29, 1.82) is 0 Å². The summed E-state index contributed by atoms with van der Waals surface area (Å²) in [5, 5.41) is 0. The zero-order chi connectivity index (χ0) is 22.0. The number of para-hydroxylation sites is 1. The van der Waals surface area contributed by atoms with Crippen molar-refractivity contribution in [2.24, 2.45) is 0 Å². The van der Waals surface area contributed by atoms with Gasteiger partial charge in [-0.3, -0.25) is 9.52 Å². The minimum Gasteiger partial charge on any atom is -0.497 e. The van der Waals surface area contributed by atoms with Gasteiger partial charge in [0.05, 0.1) is 17.7 Å². The van der Waals surface area contributed by atoms with Crippen LogP contribution in [0, 0.1) is 5.82 Å². The maximum absolute atomic E-state index is 13.8. The summed E-state index contributed by atoms with van der Waals surface area (Å²) in [5.74, 6) is -0.139. The Labute approximate surface area is 180 Å². The molecular weight excluding hydrogens is 419 g/mol. The van der Waals surface area contributed by atoms with Gasteiger partial charge in [0.15, 0.2) is 0 Å². The van der Waals surface area contributed by atoms with E-state index in [9.17, 15) is 17.6 Å². The van der Waals surface area contributed by atoms with Gasteiger partial charge in [0, 0.05) is 17.8 Å². The van der Waals surface area contributed by atoms with E-state index in [2.05, 4.69) is 4.72 Å². The zero-order valence-corrected chi connectivity index (χ0v) is 17.7. The SMILES string of the molecule is COc1ccc2c(c1)CCCN2C(=O)c1ccc(S(=O)(=O)Nc2ccccc2F)cc1. The lowest BCUT2D eigenvalue weighted by atomic mass is 10.0. The third kappa shape index (κ3) is 4.25. The second-order valence-electron chi connectivity index (χ2n) is 7.16. The Morgan fingerprint density at radius 1 is 1.06 bits per heavy atom. The van der Waals surface area contributed by atoms with Crippen molar-refractivity contribution < 1.29 is 22.3 Å². The summed E-state index contributed by atoms with van der Waals surface area (Å²) >= 11 is 0. The Bertz CT molecular complexity index is 1230. The molecule has 3 aromatic carbocycles. The second kappa shape index (κ2) is 8.39. The summed E-state index contributed by atoms with van der Waals surface area (Å²) in [6.07, 6.45) is 1.68. The highest BCUT2D eigenvalue weighted by Crippen LogP contribution is 2.31. The number of carbonyl (C=O) groups excluding carboxylic acids is 1. The molecule has 1 N–H and O–H groups in total. The van der Waals surface area contributed by atoms with E-state index in [4.69, 9.17) is 4.74 Å². The van der Waals surface area contributed by atoms with Gasteiger partial charge in [-0.2, -0.15) is 0 Å². The van der Waals surface area contributed by atoms with Crippen LogP contribution in [0.3, 0.4) is 0 Å². The van der Waals surface area contributed by atoms with Crippen LogP contribution in [-0.4, -0.2) is 28.0 Å². The standard InChI is InChI=1S/C23H21FN2O4S/c1-30-18-10-13-22-17(15-18)5-4-14-26(22)23(27)16-8-11-19(12-9-16)31(28,29)25-21-7-3-2-6-20(21)24/h2-3,6-13,15,25H,4-5,14H2,1H3. The van der Waals surface area contributed by atoms with E-state index in [0.29, 0.717) is 12.1 Å². The van der Waals surface area contributed by atoms with Crippen LogP contribution >= 0.6 is 0 Å². The third-order valence-electron chi connectivity index (χ3n) is 5.18. The molecule has 0 atom stereocenters. The van der Waals surface area contributed by atoms with Crippen LogP contribution in [0.2, 0.25) is 0 Å².